The minimum absolute atomic E-state index is 0.0250. The van der Waals surface area contributed by atoms with Gasteiger partial charge in [-0.3, -0.25) is 14.4 Å². The van der Waals surface area contributed by atoms with Crippen LogP contribution in [0.4, 0.5) is 0 Å². The molecule has 1 fully saturated rings. The van der Waals surface area contributed by atoms with Gasteiger partial charge in [0.15, 0.2) is 0 Å². The standard InChI is InChI=1S/C10H16N2O4/c13-8(11-6-10(15)16)7-12-5-3-1-2-4-9(12)14/h1-7H2,(H,11,13)(H,15,16). The van der Waals surface area contributed by atoms with E-state index >= 15 is 0 Å². The smallest absolute Gasteiger partial charge is 0.322 e. The third-order valence-corrected chi connectivity index (χ3v) is 2.44. The van der Waals surface area contributed by atoms with E-state index in [9.17, 15) is 14.4 Å². The molecule has 2 amide bonds. The molecule has 0 radical (unpaired) electrons. The predicted octanol–water partition coefficient (Wildman–Crippen LogP) is -0.410. The third-order valence-electron chi connectivity index (χ3n) is 2.44. The normalized spacial score (nSPS) is 16.8. The van der Waals surface area contributed by atoms with Crippen LogP contribution in [0.3, 0.4) is 0 Å². The first-order chi connectivity index (χ1) is 7.59. The van der Waals surface area contributed by atoms with Crippen molar-refractivity contribution >= 4 is 17.8 Å². The molecule has 0 atom stereocenters. The SMILES string of the molecule is O=C(O)CNC(=O)CN1CCCCCC1=O. The number of nitrogens with one attached hydrogen (secondary N) is 1. The molecule has 0 aromatic heterocycles. The lowest BCUT2D eigenvalue weighted by atomic mass is 10.2. The van der Waals surface area contributed by atoms with Gasteiger partial charge in [-0.15, -0.1) is 0 Å². The van der Waals surface area contributed by atoms with E-state index in [0.29, 0.717) is 13.0 Å². The number of rotatable bonds is 4. The minimum Gasteiger partial charge on any atom is -0.480 e. The second-order valence-corrected chi connectivity index (χ2v) is 3.80. The van der Waals surface area contributed by atoms with Crippen LogP contribution in [0.5, 0.6) is 0 Å². The molecular weight excluding hydrogens is 212 g/mol. The summed E-state index contributed by atoms with van der Waals surface area (Å²) in [5.74, 6) is -1.53. The average molecular weight is 228 g/mol. The highest BCUT2D eigenvalue weighted by Gasteiger charge is 2.19. The Kier molecular flexibility index (Phi) is 4.75. The van der Waals surface area contributed by atoms with Crippen molar-refractivity contribution in [2.45, 2.75) is 25.7 Å². The van der Waals surface area contributed by atoms with E-state index in [-0.39, 0.29) is 12.5 Å². The lowest BCUT2D eigenvalue weighted by Gasteiger charge is -2.19. The Bertz CT molecular complexity index is 291. The number of amides is 2. The molecule has 1 aliphatic heterocycles. The van der Waals surface area contributed by atoms with Crippen LogP contribution in [-0.2, 0) is 14.4 Å². The maximum Gasteiger partial charge on any atom is 0.322 e. The highest BCUT2D eigenvalue weighted by Crippen LogP contribution is 2.10. The molecule has 6 nitrogen and oxygen atoms in total. The molecule has 0 spiro atoms. The highest BCUT2D eigenvalue weighted by molar-refractivity contribution is 5.86. The van der Waals surface area contributed by atoms with Gasteiger partial charge in [-0.05, 0) is 12.8 Å². The topological polar surface area (TPSA) is 86.7 Å². The second-order valence-electron chi connectivity index (χ2n) is 3.80. The number of carbonyl (C=O) groups is 3. The second kappa shape index (κ2) is 6.09. The Morgan fingerprint density at radius 2 is 2.06 bits per heavy atom. The van der Waals surface area contributed by atoms with Crippen LogP contribution in [0.25, 0.3) is 0 Å². The average Bonchev–Trinajstić information content (AvgIpc) is 2.42. The summed E-state index contributed by atoms with van der Waals surface area (Å²) in [5, 5.41) is 10.6. The van der Waals surface area contributed by atoms with Crippen molar-refractivity contribution < 1.29 is 19.5 Å². The van der Waals surface area contributed by atoms with Crippen molar-refractivity contribution in [2.75, 3.05) is 19.6 Å². The number of hydrogen-bond acceptors (Lipinski definition) is 3. The zero-order valence-corrected chi connectivity index (χ0v) is 9.07. The van der Waals surface area contributed by atoms with Gasteiger partial charge in [-0.1, -0.05) is 6.42 Å². The fraction of sp³-hybridized carbons (Fsp3) is 0.700. The van der Waals surface area contributed by atoms with Gasteiger partial charge in [0.25, 0.3) is 0 Å². The van der Waals surface area contributed by atoms with Gasteiger partial charge in [-0.2, -0.15) is 0 Å². The van der Waals surface area contributed by atoms with Gasteiger partial charge in [0.1, 0.15) is 6.54 Å². The van der Waals surface area contributed by atoms with Crippen LogP contribution in [0.15, 0.2) is 0 Å². The van der Waals surface area contributed by atoms with Gasteiger partial charge in [0.2, 0.25) is 11.8 Å². The lowest BCUT2D eigenvalue weighted by molar-refractivity contribution is -0.139. The van der Waals surface area contributed by atoms with Crippen LogP contribution >= 0.6 is 0 Å². The monoisotopic (exact) mass is 228 g/mol. The van der Waals surface area contributed by atoms with Crippen LogP contribution in [0.1, 0.15) is 25.7 Å². The van der Waals surface area contributed by atoms with Crippen molar-refractivity contribution in [1.29, 1.82) is 0 Å². The van der Waals surface area contributed by atoms with Crippen LogP contribution in [-0.4, -0.2) is 47.4 Å². The van der Waals surface area contributed by atoms with Crippen molar-refractivity contribution in [3.8, 4) is 0 Å². The Morgan fingerprint density at radius 3 is 2.75 bits per heavy atom. The summed E-state index contributed by atoms with van der Waals surface area (Å²) in [4.78, 5) is 34.5. The largest absolute Gasteiger partial charge is 0.480 e. The molecule has 0 aromatic carbocycles. The van der Waals surface area contributed by atoms with Crippen molar-refractivity contribution in [1.82, 2.24) is 10.2 Å². The zero-order valence-electron chi connectivity index (χ0n) is 9.07. The summed E-state index contributed by atoms with van der Waals surface area (Å²) in [6.07, 6.45) is 3.25. The van der Waals surface area contributed by atoms with E-state index < -0.39 is 18.4 Å². The van der Waals surface area contributed by atoms with Crippen LogP contribution in [0, 0.1) is 0 Å². The molecule has 6 heteroatoms. The summed E-state index contributed by atoms with van der Waals surface area (Å²) in [5.41, 5.74) is 0. The van der Waals surface area contributed by atoms with Crippen molar-refractivity contribution in [2.24, 2.45) is 0 Å². The van der Waals surface area contributed by atoms with E-state index in [1.807, 2.05) is 0 Å². The first-order valence-electron chi connectivity index (χ1n) is 5.36. The van der Waals surface area contributed by atoms with E-state index in [2.05, 4.69) is 5.32 Å². The van der Waals surface area contributed by atoms with Gasteiger partial charge < -0.3 is 15.3 Å². The number of hydrogen-bond donors (Lipinski definition) is 2. The van der Waals surface area contributed by atoms with Gasteiger partial charge in [0, 0.05) is 13.0 Å². The summed E-state index contributed by atoms with van der Waals surface area (Å²) < 4.78 is 0. The first kappa shape index (κ1) is 12.5. The maximum atomic E-state index is 11.5. The van der Waals surface area contributed by atoms with Gasteiger partial charge >= 0.3 is 5.97 Å². The number of likely N-dealkylation sites (tertiary alicyclic amines) is 1. The number of carboxylic acids is 1. The molecule has 0 unspecified atom stereocenters. The summed E-state index contributed by atoms with van der Waals surface area (Å²) in [6, 6.07) is 0. The molecule has 0 saturated carbocycles. The lowest BCUT2D eigenvalue weighted by Crippen LogP contribution is -2.41. The molecule has 1 aliphatic rings. The molecule has 16 heavy (non-hydrogen) atoms. The van der Waals surface area contributed by atoms with Gasteiger partial charge in [-0.25, -0.2) is 0 Å². The Hall–Kier alpha value is -1.59. The predicted molar refractivity (Wildman–Crippen MR) is 55.7 cm³/mol. The summed E-state index contributed by atoms with van der Waals surface area (Å²) in [6.45, 7) is 0.145. The van der Waals surface area contributed by atoms with E-state index in [1.165, 1.54) is 4.90 Å². The fourth-order valence-electron chi connectivity index (χ4n) is 1.61. The molecule has 2 N–H and O–H groups in total. The molecule has 0 bridgehead atoms. The van der Waals surface area contributed by atoms with E-state index in [4.69, 9.17) is 5.11 Å². The Morgan fingerprint density at radius 1 is 1.31 bits per heavy atom. The Balaban J connectivity index is 2.36. The molecule has 0 aliphatic carbocycles. The van der Waals surface area contributed by atoms with Crippen molar-refractivity contribution in [3.05, 3.63) is 0 Å². The van der Waals surface area contributed by atoms with Crippen LogP contribution in [0.2, 0.25) is 0 Å². The molecule has 1 heterocycles. The number of carbonyl (C=O) groups excluding carboxylic acids is 2. The molecule has 0 aromatic rings. The third kappa shape index (κ3) is 4.29. The maximum absolute atomic E-state index is 11.5. The number of nitrogens with zero attached hydrogens (tertiary/aromatic N) is 1. The van der Waals surface area contributed by atoms with Gasteiger partial charge in [0.05, 0.1) is 6.54 Å². The number of carboxylic acid groups (broad SMARTS) is 1. The molecule has 1 saturated heterocycles. The summed E-state index contributed by atoms with van der Waals surface area (Å²) >= 11 is 0. The molecule has 1 rings (SSSR count). The number of aliphatic carboxylic acids is 1. The fourth-order valence-corrected chi connectivity index (χ4v) is 1.61. The van der Waals surface area contributed by atoms with E-state index in [1.54, 1.807) is 0 Å². The molecule has 90 valence electrons. The minimum atomic E-state index is -1.09. The van der Waals surface area contributed by atoms with Crippen LogP contribution < -0.4 is 5.32 Å². The van der Waals surface area contributed by atoms with Crippen molar-refractivity contribution in [3.63, 3.8) is 0 Å². The highest BCUT2D eigenvalue weighted by atomic mass is 16.4. The quantitative estimate of drug-likeness (QED) is 0.684. The van der Waals surface area contributed by atoms with E-state index in [0.717, 1.165) is 19.3 Å². The zero-order chi connectivity index (χ0) is 12.0. The summed E-state index contributed by atoms with van der Waals surface area (Å²) in [7, 11) is 0. The first-order valence-corrected chi connectivity index (χ1v) is 5.36. The molecular formula is C10H16N2O4. The Labute approximate surface area is 93.6 Å².